The molecule has 1 heterocycles. The van der Waals surface area contributed by atoms with Gasteiger partial charge in [0.1, 0.15) is 16.4 Å². The average Bonchev–Trinajstić information content (AvgIpc) is 2.65. The smallest absolute Gasteiger partial charge is 0.252 e. The summed E-state index contributed by atoms with van der Waals surface area (Å²) in [5.41, 5.74) is 0.664. The van der Waals surface area contributed by atoms with Crippen molar-refractivity contribution in [1.29, 1.82) is 0 Å². The van der Waals surface area contributed by atoms with Crippen LogP contribution in [0.5, 0.6) is 11.5 Å². The molecule has 0 spiro atoms. The Kier molecular flexibility index (Phi) is 4.97. The fourth-order valence-corrected chi connectivity index (χ4v) is 3.76. The highest BCUT2D eigenvalue weighted by atomic mass is 32.2. The number of rotatable bonds is 6. The molecule has 26 heavy (non-hydrogen) atoms. The third kappa shape index (κ3) is 3.56. The topological polar surface area (TPSA) is 97.5 Å². The van der Waals surface area contributed by atoms with Gasteiger partial charge in [0.2, 0.25) is 10.0 Å². The average molecular weight is 374 g/mol. The Labute approximate surface area is 150 Å². The van der Waals surface area contributed by atoms with Crippen LogP contribution < -0.4 is 19.8 Å². The van der Waals surface area contributed by atoms with E-state index in [4.69, 9.17) is 9.47 Å². The fraction of sp³-hybridized carbons (Fsp3) is 0.167. The van der Waals surface area contributed by atoms with E-state index >= 15 is 0 Å². The van der Waals surface area contributed by atoms with Gasteiger partial charge in [0, 0.05) is 23.7 Å². The van der Waals surface area contributed by atoms with Crippen LogP contribution in [0, 0.1) is 0 Å². The first kappa shape index (κ1) is 18.0. The van der Waals surface area contributed by atoms with Gasteiger partial charge >= 0.3 is 0 Å². The van der Waals surface area contributed by atoms with Crippen LogP contribution in [0.15, 0.2) is 58.2 Å². The zero-order chi connectivity index (χ0) is 18.7. The molecule has 0 saturated heterocycles. The quantitative estimate of drug-likeness (QED) is 0.688. The fourth-order valence-electron chi connectivity index (χ4n) is 2.57. The summed E-state index contributed by atoms with van der Waals surface area (Å²) in [7, 11) is -1.08. The van der Waals surface area contributed by atoms with Crippen LogP contribution in [0.3, 0.4) is 0 Å². The summed E-state index contributed by atoms with van der Waals surface area (Å²) < 4.78 is 38.0. The van der Waals surface area contributed by atoms with Crippen LogP contribution in [-0.2, 0) is 16.6 Å². The minimum absolute atomic E-state index is 0.0587. The lowest BCUT2D eigenvalue weighted by Gasteiger charge is -2.12. The molecular weight excluding hydrogens is 356 g/mol. The van der Waals surface area contributed by atoms with Crippen LogP contribution in [0.4, 0.5) is 0 Å². The second kappa shape index (κ2) is 7.19. The minimum atomic E-state index is -3.91. The number of nitrogens with one attached hydrogen (secondary N) is 2. The number of hydrogen-bond acceptors (Lipinski definition) is 5. The lowest BCUT2D eigenvalue weighted by atomic mass is 10.1. The Hall–Kier alpha value is -2.84. The molecule has 136 valence electrons. The SMILES string of the molecule is COc1ccc(OC)c(S(=O)(=O)NCc2cc3ccccc3[nH]c2=O)c1. The molecule has 1 aromatic heterocycles. The maximum Gasteiger partial charge on any atom is 0.252 e. The summed E-state index contributed by atoms with van der Waals surface area (Å²) in [6.07, 6.45) is 0. The normalized spacial score (nSPS) is 11.5. The number of ether oxygens (including phenoxy) is 2. The zero-order valence-corrected chi connectivity index (χ0v) is 15.1. The number of aromatic nitrogens is 1. The van der Waals surface area contributed by atoms with Gasteiger partial charge in [-0.1, -0.05) is 18.2 Å². The highest BCUT2D eigenvalue weighted by molar-refractivity contribution is 7.89. The van der Waals surface area contributed by atoms with Crippen molar-refractivity contribution < 1.29 is 17.9 Å². The summed E-state index contributed by atoms with van der Waals surface area (Å²) in [5.74, 6) is 0.570. The minimum Gasteiger partial charge on any atom is -0.497 e. The number of hydrogen-bond donors (Lipinski definition) is 2. The van der Waals surface area contributed by atoms with Gasteiger partial charge in [-0.2, -0.15) is 0 Å². The number of H-pyrrole nitrogens is 1. The van der Waals surface area contributed by atoms with Crippen molar-refractivity contribution in [2.75, 3.05) is 14.2 Å². The molecule has 3 rings (SSSR count). The van der Waals surface area contributed by atoms with Gasteiger partial charge in [0.15, 0.2) is 0 Å². The molecule has 0 amide bonds. The van der Waals surface area contributed by atoms with Gasteiger partial charge in [-0.3, -0.25) is 4.79 Å². The molecule has 8 heteroatoms. The van der Waals surface area contributed by atoms with E-state index in [1.807, 2.05) is 18.2 Å². The highest BCUT2D eigenvalue weighted by Crippen LogP contribution is 2.28. The summed E-state index contributed by atoms with van der Waals surface area (Å²) in [6, 6.07) is 13.4. The summed E-state index contributed by atoms with van der Waals surface area (Å²) in [5, 5.41) is 0.820. The third-order valence-corrected chi connectivity index (χ3v) is 5.37. The standard InChI is InChI=1S/C18H18N2O5S/c1-24-14-7-8-16(25-2)17(10-14)26(22,23)19-11-13-9-12-5-3-4-6-15(12)20-18(13)21/h3-10,19H,11H2,1-2H3,(H,20,21). The molecule has 0 radical (unpaired) electrons. The monoisotopic (exact) mass is 374 g/mol. The molecule has 0 aliphatic carbocycles. The highest BCUT2D eigenvalue weighted by Gasteiger charge is 2.21. The number of aromatic amines is 1. The van der Waals surface area contributed by atoms with E-state index in [0.29, 0.717) is 16.8 Å². The zero-order valence-electron chi connectivity index (χ0n) is 14.3. The van der Waals surface area contributed by atoms with E-state index in [9.17, 15) is 13.2 Å². The predicted octanol–water partition coefficient (Wildman–Crippen LogP) is 2.02. The maximum absolute atomic E-state index is 12.7. The number of methoxy groups -OCH3 is 2. The van der Waals surface area contributed by atoms with E-state index in [0.717, 1.165) is 5.39 Å². The molecule has 0 aliphatic rings. The van der Waals surface area contributed by atoms with E-state index < -0.39 is 10.0 Å². The molecule has 0 fully saturated rings. The van der Waals surface area contributed by atoms with Crippen molar-refractivity contribution in [1.82, 2.24) is 9.71 Å². The molecule has 0 aliphatic heterocycles. The predicted molar refractivity (Wildman–Crippen MR) is 98.1 cm³/mol. The maximum atomic E-state index is 12.7. The second-order valence-corrected chi connectivity index (χ2v) is 7.29. The molecule has 0 unspecified atom stereocenters. The third-order valence-electron chi connectivity index (χ3n) is 3.94. The lowest BCUT2D eigenvalue weighted by Crippen LogP contribution is -2.27. The number of benzene rings is 2. The Morgan fingerprint density at radius 3 is 2.54 bits per heavy atom. The molecule has 3 aromatic rings. The van der Waals surface area contributed by atoms with Crippen molar-refractivity contribution in [3.8, 4) is 11.5 Å². The summed E-state index contributed by atoms with van der Waals surface area (Å²) >= 11 is 0. The Bertz CT molecular complexity index is 1110. The van der Waals surface area contributed by atoms with Crippen LogP contribution in [0.25, 0.3) is 10.9 Å². The van der Waals surface area contributed by atoms with Gasteiger partial charge in [0.05, 0.1) is 14.2 Å². The van der Waals surface area contributed by atoms with Gasteiger partial charge < -0.3 is 14.5 Å². The van der Waals surface area contributed by atoms with E-state index in [1.54, 1.807) is 18.2 Å². The number of pyridine rings is 1. The van der Waals surface area contributed by atoms with Crippen LogP contribution in [-0.4, -0.2) is 27.6 Å². The molecule has 2 N–H and O–H groups in total. The lowest BCUT2D eigenvalue weighted by molar-refractivity contribution is 0.392. The van der Waals surface area contributed by atoms with Crippen LogP contribution >= 0.6 is 0 Å². The second-order valence-electron chi connectivity index (χ2n) is 5.55. The first-order chi connectivity index (χ1) is 12.4. The molecule has 0 saturated carbocycles. The van der Waals surface area contributed by atoms with Crippen molar-refractivity contribution in [3.63, 3.8) is 0 Å². The molecule has 7 nitrogen and oxygen atoms in total. The van der Waals surface area contributed by atoms with E-state index in [-0.39, 0.29) is 22.7 Å². The van der Waals surface area contributed by atoms with Crippen molar-refractivity contribution in [3.05, 3.63) is 64.4 Å². The number of sulfonamides is 1. The van der Waals surface area contributed by atoms with Crippen molar-refractivity contribution >= 4 is 20.9 Å². The van der Waals surface area contributed by atoms with Crippen LogP contribution in [0.1, 0.15) is 5.56 Å². The van der Waals surface area contributed by atoms with Crippen LogP contribution in [0.2, 0.25) is 0 Å². The van der Waals surface area contributed by atoms with Crippen molar-refractivity contribution in [2.45, 2.75) is 11.4 Å². The van der Waals surface area contributed by atoms with Gasteiger partial charge in [-0.25, -0.2) is 13.1 Å². The molecular formula is C18H18N2O5S. The Morgan fingerprint density at radius 2 is 1.81 bits per heavy atom. The summed E-state index contributed by atoms with van der Waals surface area (Å²) in [4.78, 5) is 14.9. The Balaban J connectivity index is 1.92. The van der Waals surface area contributed by atoms with Gasteiger partial charge in [-0.05, 0) is 29.7 Å². The number of para-hydroxylation sites is 1. The largest absolute Gasteiger partial charge is 0.497 e. The molecule has 0 atom stereocenters. The van der Waals surface area contributed by atoms with Crippen molar-refractivity contribution in [2.24, 2.45) is 0 Å². The first-order valence-corrected chi connectivity index (χ1v) is 9.25. The summed E-state index contributed by atoms with van der Waals surface area (Å²) in [6.45, 7) is -0.150. The number of fused-ring (bicyclic) bond motifs is 1. The first-order valence-electron chi connectivity index (χ1n) is 7.77. The molecule has 2 aromatic carbocycles. The molecule has 0 bridgehead atoms. The van der Waals surface area contributed by atoms with Gasteiger partial charge in [0.25, 0.3) is 5.56 Å². The van der Waals surface area contributed by atoms with E-state index in [1.165, 1.54) is 26.4 Å². The van der Waals surface area contributed by atoms with E-state index in [2.05, 4.69) is 9.71 Å². The van der Waals surface area contributed by atoms with Gasteiger partial charge in [-0.15, -0.1) is 0 Å². The Morgan fingerprint density at radius 1 is 1.04 bits per heavy atom.